The monoisotopic (exact) mass is 609 g/mol. The van der Waals surface area contributed by atoms with E-state index in [0.717, 1.165) is 31.5 Å². The lowest BCUT2D eigenvalue weighted by Gasteiger charge is -2.34. The Bertz CT molecular complexity index is 1470. The number of rotatable bonds is 8. The van der Waals surface area contributed by atoms with E-state index in [1.165, 1.54) is 29.8 Å². The topological polar surface area (TPSA) is 99.5 Å². The summed E-state index contributed by atoms with van der Waals surface area (Å²) in [4.78, 5) is 41.8. The van der Waals surface area contributed by atoms with Gasteiger partial charge >= 0.3 is 12.1 Å². The van der Waals surface area contributed by atoms with Crippen LogP contribution in [0.2, 0.25) is 0 Å². The van der Waals surface area contributed by atoms with Crippen molar-refractivity contribution in [2.24, 2.45) is 0 Å². The Morgan fingerprint density at radius 3 is 2.48 bits per heavy atom. The molecule has 2 fully saturated rings. The number of benzene rings is 1. The number of hydrogen-bond donors (Lipinski definition) is 1. The van der Waals surface area contributed by atoms with Crippen LogP contribution in [0.4, 0.5) is 27.8 Å². The summed E-state index contributed by atoms with van der Waals surface area (Å²) in [6, 6.07) is 3.07. The molecule has 4 heterocycles. The van der Waals surface area contributed by atoms with Gasteiger partial charge in [0.25, 0.3) is 0 Å². The molecule has 1 N–H and O–H groups in total. The lowest BCUT2D eigenvalue weighted by atomic mass is 9.93. The van der Waals surface area contributed by atoms with Crippen LogP contribution < -0.4 is 4.90 Å². The average Bonchev–Trinajstić information content (AvgIpc) is 3.54. The first-order valence-corrected chi connectivity index (χ1v) is 14.3. The first-order valence-electron chi connectivity index (χ1n) is 13.5. The summed E-state index contributed by atoms with van der Waals surface area (Å²) in [6.45, 7) is 3.60. The SMILES string of the molecule is C[C@@H]1CCCN1Cc1sc(CC(=O)c2cnc(N3CCC(F)(C(=O)O)CC3)cn2)nc1-c1ccc(F)c(C(F)(F)F)c1. The van der Waals surface area contributed by atoms with Crippen molar-refractivity contribution in [1.29, 1.82) is 0 Å². The number of carboxylic acid groups (broad SMARTS) is 1. The molecule has 0 unspecified atom stereocenters. The lowest BCUT2D eigenvalue weighted by Crippen LogP contribution is -2.46. The maximum Gasteiger partial charge on any atom is 0.419 e. The molecule has 0 amide bonds. The van der Waals surface area contributed by atoms with Gasteiger partial charge in [0.2, 0.25) is 5.67 Å². The Labute approximate surface area is 242 Å². The summed E-state index contributed by atoms with van der Waals surface area (Å²) in [6.07, 6.45) is -0.802. The van der Waals surface area contributed by atoms with Crippen molar-refractivity contribution in [2.75, 3.05) is 24.5 Å². The zero-order valence-electron chi connectivity index (χ0n) is 22.6. The van der Waals surface area contributed by atoms with E-state index in [1.54, 1.807) is 4.90 Å². The van der Waals surface area contributed by atoms with Crippen LogP contribution in [0, 0.1) is 5.82 Å². The third-order valence-corrected chi connectivity index (χ3v) is 8.86. The van der Waals surface area contributed by atoms with Crippen LogP contribution in [0.3, 0.4) is 0 Å². The highest BCUT2D eigenvalue weighted by Crippen LogP contribution is 2.37. The van der Waals surface area contributed by atoms with Gasteiger partial charge in [-0.25, -0.2) is 28.5 Å². The molecule has 2 saturated heterocycles. The molecule has 224 valence electrons. The van der Waals surface area contributed by atoms with Gasteiger partial charge in [-0.05, 0) is 44.5 Å². The van der Waals surface area contributed by atoms with Gasteiger partial charge in [0.15, 0.2) is 5.78 Å². The molecule has 2 aliphatic heterocycles. The minimum absolute atomic E-state index is 0.0498. The van der Waals surface area contributed by atoms with Gasteiger partial charge in [-0.1, -0.05) is 0 Å². The standard InChI is InChI=1S/C28H28F5N5O3S/c1-16-3-2-8-38(16)15-22-25(17-4-5-19(29)18(11-17)28(31,32)33)36-24(42-22)12-21(39)20-13-35-23(14-34-20)37-9-6-27(30,7-10-37)26(40)41/h4-5,11,13-14,16H,2-3,6-10,12,15H2,1H3,(H,40,41)/t16-/m1/s1. The second-order valence-electron chi connectivity index (χ2n) is 10.7. The zero-order valence-corrected chi connectivity index (χ0v) is 23.4. The molecule has 0 saturated carbocycles. The summed E-state index contributed by atoms with van der Waals surface area (Å²) >= 11 is 1.22. The molecule has 3 aromatic rings. The van der Waals surface area contributed by atoms with Crippen LogP contribution in [-0.4, -0.2) is 68.1 Å². The van der Waals surface area contributed by atoms with Crippen LogP contribution in [-0.2, 0) is 23.9 Å². The van der Waals surface area contributed by atoms with E-state index in [2.05, 4.69) is 26.8 Å². The Morgan fingerprint density at radius 1 is 1.14 bits per heavy atom. The number of aliphatic carboxylic acids is 1. The number of likely N-dealkylation sites (tertiary alicyclic amines) is 1. The molecule has 1 aromatic carbocycles. The van der Waals surface area contributed by atoms with Crippen LogP contribution in [0.25, 0.3) is 11.3 Å². The fraction of sp³-hybridized carbons (Fsp3) is 0.464. The number of thiazole rings is 1. The second-order valence-corrected chi connectivity index (χ2v) is 11.8. The summed E-state index contributed by atoms with van der Waals surface area (Å²) in [5.41, 5.74) is -3.21. The Hall–Kier alpha value is -3.52. The highest BCUT2D eigenvalue weighted by atomic mass is 32.1. The van der Waals surface area contributed by atoms with E-state index >= 15 is 0 Å². The van der Waals surface area contributed by atoms with Crippen molar-refractivity contribution in [1.82, 2.24) is 19.9 Å². The van der Waals surface area contributed by atoms with E-state index < -0.39 is 35.0 Å². The number of anilines is 1. The number of carboxylic acids is 1. The van der Waals surface area contributed by atoms with Crippen molar-refractivity contribution in [3.63, 3.8) is 0 Å². The number of carbonyl (C=O) groups excluding carboxylic acids is 1. The molecular formula is C28H28F5N5O3S. The van der Waals surface area contributed by atoms with Crippen molar-refractivity contribution < 1.29 is 36.6 Å². The maximum atomic E-state index is 14.3. The third-order valence-electron chi connectivity index (χ3n) is 7.82. The molecule has 8 nitrogen and oxygen atoms in total. The molecule has 2 aliphatic rings. The molecule has 0 spiro atoms. The van der Waals surface area contributed by atoms with Gasteiger partial charge < -0.3 is 10.0 Å². The normalized spacial score (nSPS) is 19.3. The predicted molar refractivity (Wildman–Crippen MR) is 145 cm³/mol. The molecule has 2 aromatic heterocycles. The smallest absolute Gasteiger partial charge is 0.419 e. The fourth-order valence-corrected chi connectivity index (χ4v) is 6.39. The molecule has 1 atom stereocenters. The van der Waals surface area contributed by atoms with Gasteiger partial charge in [0.05, 0.1) is 30.1 Å². The van der Waals surface area contributed by atoms with Gasteiger partial charge in [0, 0.05) is 49.0 Å². The zero-order chi connectivity index (χ0) is 30.2. The molecule has 0 bridgehead atoms. The summed E-state index contributed by atoms with van der Waals surface area (Å²) in [5.74, 6) is -2.88. The quantitative estimate of drug-likeness (QED) is 0.262. The van der Waals surface area contributed by atoms with Crippen molar-refractivity contribution in [2.45, 2.75) is 63.5 Å². The van der Waals surface area contributed by atoms with Crippen molar-refractivity contribution in [3.05, 3.63) is 57.6 Å². The van der Waals surface area contributed by atoms with Gasteiger partial charge in [-0.3, -0.25) is 9.69 Å². The summed E-state index contributed by atoms with van der Waals surface area (Å²) < 4.78 is 68.6. The van der Waals surface area contributed by atoms with Crippen LogP contribution in [0.15, 0.2) is 30.6 Å². The first kappa shape index (κ1) is 30.0. The number of Topliss-reactive ketones (excluding diaryl/α,β-unsaturated/α-hetero) is 1. The minimum Gasteiger partial charge on any atom is -0.479 e. The number of ketones is 1. The Kier molecular flexibility index (Phi) is 8.30. The Balaban J connectivity index is 1.35. The Morgan fingerprint density at radius 2 is 1.88 bits per heavy atom. The number of alkyl halides is 4. The van der Waals surface area contributed by atoms with Gasteiger partial charge in [-0.15, -0.1) is 11.3 Å². The number of hydrogen-bond acceptors (Lipinski definition) is 8. The van der Waals surface area contributed by atoms with Crippen LogP contribution in [0.1, 0.15) is 58.5 Å². The van der Waals surface area contributed by atoms with E-state index in [4.69, 9.17) is 5.11 Å². The number of aromatic nitrogens is 3. The van der Waals surface area contributed by atoms with Crippen molar-refractivity contribution in [3.8, 4) is 11.3 Å². The molecule has 0 radical (unpaired) electrons. The second kappa shape index (κ2) is 11.6. The fourth-order valence-electron chi connectivity index (χ4n) is 5.27. The van der Waals surface area contributed by atoms with Crippen molar-refractivity contribution >= 4 is 28.9 Å². The number of piperidine rings is 1. The van der Waals surface area contributed by atoms with Gasteiger partial charge in [-0.2, -0.15) is 13.2 Å². The summed E-state index contributed by atoms with van der Waals surface area (Å²) in [7, 11) is 0. The minimum atomic E-state index is -4.87. The van der Waals surface area contributed by atoms with Crippen LogP contribution in [0.5, 0.6) is 0 Å². The average molecular weight is 610 g/mol. The molecule has 14 heteroatoms. The predicted octanol–water partition coefficient (Wildman–Crippen LogP) is 5.56. The first-order chi connectivity index (χ1) is 19.8. The maximum absolute atomic E-state index is 14.3. The van der Waals surface area contributed by atoms with E-state index in [1.807, 2.05) is 0 Å². The molecular weight excluding hydrogens is 581 g/mol. The number of nitrogens with zero attached hydrogens (tertiary/aromatic N) is 5. The number of halogens is 5. The molecule has 5 rings (SSSR count). The van der Waals surface area contributed by atoms with E-state index in [-0.39, 0.29) is 55.3 Å². The largest absolute Gasteiger partial charge is 0.479 e. The van der Waals surface area contributed by atoms with Gasteiger partial charge in [0.1, 0.15) is 22.3 Å². The molecule has 0 aliphatic carbocycles. The highest BCUT2D eigenvalue weighted by Gasteiger charge is 2.42. The lowest BCUT2D eigenvalue weighted by molar-refractivity contribution is -0.152. The highest BCUT2D eigenvalue weighted by molar-refractivity contribution is 7.12. The third kappa shape index (κ3) is 6.28. The van der Waals surface area contributed by atoms with E-state index in [9.17, 15) is 31.5 Å². The van der Waals surface area contributed by atoms with E-state index in [0.29, 0.717) is 22.2 Å². The number of carbonyl (C=O) groups is 2. The van der Waals surface area contributed by atoms with Crippen LogP contribution >= 0.6 is 11.3 Å². The molecule has 42 heavy (non-hydrogen) atoms. The summed E-state index contributed by atoms with van der Waals surface area (Å²) in [5, 5.41) is 9.45.